The van der Waals surface area contributed by atoms with E-state index in [4.69, 9.17) is 9.47 Å². The first-order valence-corrected chi connectivity index (χ1v) is 11.7. The fraction of sp³-hybridized carbons (Fsp3) is 0.462. The summed E-state index contributed by atoms with van der Waals surface area (Å²) in [5.41, 5.74) is 2.48. The van der Waals surface area contributed by atoms with Crippen LogP contribution >= 0.6 is 11.3 Å². The van der Waals surface area contributed by atoms with E-state index in [9.17, 15) is 0 Å². The van der Waals surface area contributed by atoms with Crippen molar-refractivity contribution in [3.05, 3.63) is 53.2 Å². The number of nitrogens with zero attached hydrogens (tertiary/aromatic N) is 1. The van der Waals surface area contributed by atoms with Gasteiger partial charge in [0.1, 0.15) is 12.4 Å². The highest BCUT2D eigenvalue weighted by Crippen LogP contribution is 2.27. The first-order chi connectivity index (χ1) is 14.5. The molecule has 1 heterocycles. The standard InChI is InChI=1S/C26H33NO2S/c1-26(2,3)13-5-4-6-14-27(24-10-11-24)15-16-28-17-18-29-25-9-7-8-22(20-25)23-12-19-30-21-23/h4,6-9,12,19-21,24H,10-11,14-18H2,1-3H3. The molecule has 1 aromatic heterocycles. The average molecular weight is 424 g/mol. The first kappa shape index (κ1) is 22.6. The summed E-state index contributed by atoms with van der Waals surface area (Å²) in [6.07, 6.45) is 6.75. The van der Waals surface area contributed by atoms with Crippen LogP contribution in [-0.4, -0.2) is 43.9 Å². The number of rotatable bonds is 11. The molecule has 3 nitrogen and oxygen atoms in total. The van der Waals surface area contributed by atoms with Crippen molar-refractivity contribution in [2.75, 3.05) is 32.9 Å². The summed E-state index contributed by atoms with van der Waals surface area (Å²) in [5.74, 6) is 7.28. The first-order valence-electron chi connectivity index (χ1n) is 10.8. The van der Waals surface area contributed by atoms with E-state index in [0.29, 0.717) is 19.3 Å². The van der Waals surface area contributed by atoms with Gasteiger partial charge in [-0.05, 0) is 79.8 Å². The molecule has 0 saturated heterocycles. The van der Waals surface area contributed by atoms with E-state index in [1.807, 2.05) is 18.2 Å². The topological polar surface area (TPSA) is 21.7 Å². The minimum atomic E-state index is 0.0572. The fourth-order valence-electron chi connectivity index (χ4n) is 3.06. The number of thiophene rings is 1. The Hall–Kier alpha value is -2.06. The summed E-state index contributed by atoms with van der Waals surface area (Å²) in [5, 5.41) is 4.25. The summed E-state index contributed by atoms with van der Waals surface area (Å²) in [7, 11) is 0. The predicted molar refractivity (Wildman–Crippen MR) is 127 cm³/mol. The zero-order chi connectivity index (χ0) is 21.2. The zero-order valence-corrected chi connectivity index (χ0v) is 19.2. The Morgan fingerprint density at radius 1 is 1.13 bits per heavy atom. The van der Waals surface area contributed by atoms with Crippen molar-refractivity contribution >= 4 is 11.3 Å². The molecule has 0 bridgehead atoms. The van der Waals surface area contributed by atoms with Crippen molar-refractivity contribution < 1.29 is 9.47 Å². The van der Waals surface area contributed by atoms with E-state index in [1.165, 1.54) is 24.0 Å². The monoisotopic (exact) mass is 423 g/mol. The minimum absolute atomic E-state index is 0.0572. The van der Waals surface area contributed by atoms with E-state index < -0.39 is 0 Å². The van der Waals surface area contributed by atoms with Crippen molar-refractivity contribution in [1.82, 2.24) is 4.90 Å². The Kier molecular flexibility index (Phi) is 8.57. The third kappa shape index (κ3) is 8.36. The van der Waals surface area contributed by atoms with Gasteiger partial charge in [-0.25, -0.2) is 0 Å². The third-order valence-electron chi connectivity index (χ3n) is 4.76. The SMILES string of the molecule is CC(C)(C)C#CC=CCN(CCOCCOc1cccc(-c2ccsc2)c1)C1CC1. The molecule has 30 heavy (non-hydrogen) atoms. The summed E-state index contributed by atoms with van der Waals surface area (Å²) in [4.78, 5) is 2.49. The summed E-state index contributed by atoms with van der Waals surface area (Å²) < 4.78 is 11.7. The van der Waals surface area contributed by atoms with Crippen molar-refractivity contribution in [2.45, 2.75) is 39.7 Å². The number of benzene rings is 1. The van der Waals surface area contributed by atoms with Gasteiger partial charge in [-0.1, -0.05) is 30.0 Å². The minimum Gasteiger partial charge on any atom is -0.491 e. The number of ether oxygens (including phenoxy) is 2. The molecule has 1 aliphatic carbocycles. The summed E-state index contributed by atoms with van der Waals surface area (Å²) >= 11 is 1.71. The van der Waals surface area contributed by atoms with Crippen LogP contribution in [0.15, 0.2) is 53.2 Å². The molecule has 0 radical (unpaired) electrons. The molecular weight excluding hydrogens is 390 g/mol. The highest BCUT2D eigenvalue weighted by atomic mass is 32.1. The van der Waals surface area contributed by atoms with Gasteiger partial charge in [-0.3, -0.25) is 4.90 Å². The molecule has 3 rings (SSSR count). The molecule has 0 atom stereocenters. The number of hydrogen-bond donors (Lipinski definition) is 0. The van der Waals surface area contributed by atoms with Crippen molar-refractivity contribution in [2.24, 2.45) is 5.41 Å². The molecule has 160 valence electrons. The Bertz CT molecular complexity index is 851. The molecule has 1 saturated carbocycles. The lowest BCUT2D eigenvalue weighted by molar-refractivity contribution is 0.0805. The molecule has 4 heteroatoms. The lowest BCUT2D eigenvalue weighted by atomic mass is 9.98. The van der Waals surface area contributed by atoms with Crippen LogP contribution in [0.25, 0.3) is 11.1 Å². The molecule has 0 amide bonds. The summed E-state index contributed by atoms with van der Waals surface area (Å²) in [6.45, 7) is 10.2. The third-order valence-corrected chi connectivity index (χ3v) is 5.44. The van der Waals surface area contributed by atoms with Gasteiger partial charge in [0.15, 0.2) is 0 Å². The molecule has 1 aromatic carbocycles. The van der Waals surface area contributed by atoms with Gasteiger partial charge < -0.3 is 9.47 Å². The van der Waals surface area contributed by atoms with Gasteiger partial charge >= 0.3 is 0 Å². The molecule has 0 N–H and O–H groups in total. The van der Waals surface area contributed by atoms with Crippen LogP contribution in [0.2, 0.25) is 0 Å². The Morgan fingerprint density at radius 2 is 2.00 bits per heavy atom. The predicted octanol–water partition coefficient (Wildman–Crippen LogP) is 5.88. The maximum Gasteiger partial charge on any atom is 0.120 e. The quantitative estimate of drug-likeness (QED) is 0.333. The van der Waals surface area contributed by atoms with E-state index in [1.54, 1.807) is 11.3 Å². The second-order valence-electron chi connectivity index (χ2n) is 8.65. The van der Waals surface area contributed by atoms with Gasteiger partial charge in [0.2, 0.25) is 0 Å². The van der Waals surface area contributed by atoms with Crippen molar-refractivity contribution in [3.63, 3.8) is 0 Å². The van der Waals surface area contributed by atoms with Crippen LogP contribution in [0.1, 0.15) is 33.6 Å². The normalized spacial score (nSPS) is 14.1. The maximum atomic E-state index is 5.87. The molecule has 1 aliphatic rings. The van der Waals surface area contributed by atoms with Crippen LogP contribution in [0.4, 0.5) is 0 Å². The van der Waals surface area contributed by atoms with Gasteiger partial charge in [0, 0.05) is 24.5 Å². The van der Waals surface area contributed by atoms with Crippen LogP contribution in [0.5, 0.6) is 5.75 Å². The van der Waals surface area contributed by atoms with Gasteiger partial charge in [0.25, 0.3) is 0 Å². The van der Waals surface area contributed by atoms with Crippen LogP contribution in [0.3, 0.4) is 0 Å². The van der Waals surface area contributed by atoms with Crippen molar-refractivity contribution in [1.29, 1.82) is 0 Å². The van der Waals surface area contributed by atoms with E-state index >= 15 is 0 Å². The Labute approximate surface area is 185 Å². The van der Waals surface area contributed by atoms with Gasteiger partial charge in [-0.2, -0.15) is 11.3 Å². The molecule has 1 fully saturated rings. The van der Waals surface area contributed by atoms with Crippen LogP contribution in [-0.2, 0) is 4.74 Å². The second-order valence-corrected chi connectivity index (χ2v) is 9.43. The lowest BCUT2D eigenvalue weighted by Gasteiger charge is -2.19. The van der Waals surface area contributed by atoms with Crippen LogP contribution < -0.4 is 4.74 Å². The molecule has 0 spiro atoms. The molecular formula is C26H33NO2S. The zero-order valence-electron chi connectivity index (χ0n) is 18.4. The number of hydrogen-bond acceptors (Lipinski definition) is 4. The lowest BCUT2D eigenvalue weighted by Crippen LogP contribution is -2.30. The fourth-order valence-corrected chi connectivity index (χ4v) is 3.73. The van der Waals surface area contributed by atoms with Gasteiger partial charge in [-0.15, -0.1) is 0 Å². The second kappa shape index (κ2) is 11.4. The molecule has 0 unspecified atom stereocenters. The highest BCUT2D eigenvalue weighted by Gasteiger charge is 2.27. The highest BCUT2D eigenvalue weighted by molar-refractivity contribution is 7.08. The van der Waals surface area contributed by atoms with Crippen molar-refractivity contribution in [3.8, 4) is 28.7 Å². The largest absolute Gasteiger partial charge is 0.491 e. The molecule has 2 aromatic rings. The van der Waals surface area contributed by atoms with Crippen LogP contribution in [0, 0.1) is 17.3 Å². The smallest absolute Gasteiger partial charge is 0.120 e. The van der Waals surface area contributed by atoms with Gasteiger partial charge in [0.05, 0.1) is 13.2 Å². The molecule has 0 aliphatic heterocycles. The number of allylic oxidation sites excluding steroid dienone is 1. The average Bonchev–Trinajstić information content (AvgIpc) is 3.41. The Morgan fingerprint density at radius 3 is 2.73 bits per heavy atom. The van der Waals surface area contributed by atoms with E-state index in [-0.39, 0.29) is 5.41 Å². The summed E-state index contributed by atoms with van der Waals surface area (Å²) in [6, 6.07) is 11.1. The Balaban J connectivity index is 1.32. The maximum absolute atomic E-state index is 5.87. The van der Waals surface area contributed by atoms with E-state index in [0.717, 1.165) is 25.4 Å². The van der Waals surface area contributed by atoms with E-state index in [2.05, 4.69) is 72.5 Å².